The van der Waals surface area contributed by atoms with E-state index in [-0.39, 0.29) is 37.4 Å². The van der Waals surface area contributed by atoms with Gasteiger partial charge in [-0.05, 0) is 62.9 Å². The number of hydrogen-bond donors (Lipinski definition) is 2. The summed E-state index contributed by atoms with van der Waals surface area (Å²) in [5.41, 5.74) is 3.03. The third-order valence-electron chi connectivity index (χ3n) is 7.24. The van der Waals surface area contributed by atoms with E-state index in [1.807, 2.05) is 18.2 Å². The Labute approximate surface area is 261 Å². The van der Waals surface area contributed by atoms with Crippen LogP contribution in [0.15, 0.2) is 48.7 Å². The number of ether oxygens (including phenoxy) is 2. The van der Waals surface area contributed by atoms with Crippen LogP contribution in [0, 0.1) is 0 Å². The lowest BCUT2D eigenvalue weighted by Gasteiger charge is -2.28. The van der Waals surface area contributed by atoms with Gasteiger partial charge in [-0.25, -0.2) is 4.79 Å². The lowest BCUT2D eigenvalue weighted by Crippen LogP contribution is -2.36. The molecule has 0 spiro atoms. The van der Waals surface area contributed by atoms with Gasteiger partial charge >= 0.3 is 13.6 Å². The zero-order valence-electron chi connectivity index (χ0n) is 24.9. The van der Waals surface area contributed by atoms with Crippen LogP contribution in [0.25, 0.3) is 16.5 Å². The highest BCUT2D eigenvalue weighted by molar-refractivity contribution is 7.54. The summed E-state index contributed by atoms with van der Waals surface area (Å²) in [6.07, 6.45) is 5.88. The Hall–Kier alpha value is -3.63. The number of rotatable bonds is 12. The number of methoxy groups -OCH3 is 1. The molecule has 2 aromatic carbocycles. The predicted octanol–water partition coefficient (Wildman–Crippen LogP) is 6.85. The highest BCUT2D eigenvalue weighted by atomic mass is 35.5. The van der Waals surface area contributed by atoms with Crippen molar-refractivity contribution in [3.8, 4) is 17.2 Å². The van der Waals surface area contributed by atoms with E-state index in [9.17, 15) is 14.2 Å². The smallest absolute Gasteiger partial charge is 0.340 e. The summed E-state index contributed by atoms with van der Waals surface area (Å²) in [4.78, 5) is 31.2. The molecule has 1 saturated carbocycles. The average Bonchev–Trinajstić information content (AvgIpc) is 3.82. The lowest BCUT2D eigenvalue weighted by molar-refractivity contribution is -0.128. The Morgan fingerprint density at radius 2 is 1.86 bits per heavy atom. The minimum atomic E-state index is -3.49. The van der Waals surface area contributed by atoms with Gasteiger partial charge < -0.3 is 34.1 Å². The lowest BCUT2D eigenvalue weighted by atomic mass is 9.96. The number of nitrogens with one attached hydrogen (secondary N) is 2. The Kier molecular flexibility index (Phi) is 10.1. The van der Waals surface area contributed by atoms with Crippen LogP contribution >= 0.6 is 19.2 Å². The summed E-state index contributed by atoms with van der Waals surface area (Å²) < 4.78 is 35.4. The molecule has 0 unspecified atom stereocenters. The topological polar surface area (TPSA) is 128 Å². The van der Waals surface area contributed by atoms with Crippen molar-refractivity contribution in [2.24, 2.45) is 0 Å². The number of carbonyl (C=O) groups is 2. The maximum atomic E-state index is 12.9. The molecule has 44 heavy (non-hydrogen) atoms. The fourth-order valence-electron chi connectivity index (χ4n) is 4.94. The van der Waals surface area contributed by atoms with Crippen LogP contribution in [0.1, 0.15) is 38.7 Å². The second-order valence-corrected chi connectivity index (χ2v) is 12.9. The van der Waals surface area contributed by atoms with Gasteiger partial charge in [-0.2, -0.15) is 0 Å². The van der Waals surface area contributed by atoms with Crippen LogP contribution in [0.5, 0.6) is 17.2 Å². The largest absolute Gasteiger partial charge is 0.496 e. The molecule has 1 fully saturated rings. The zero-order valence-corrected chi connectivity index (χ0v) is 26.6. The molecule has 234 valence electrons. The molecule has 5 rings (SSSR count). The van der Waals surface area contributed by atoms with Crippen molar-refractivity contribution < 1.29 is 32.7 Å². The molecular weight excluding hydrogens is 607 g/mol. The van der Waals surface area contributed by atoms with Gasteiger partial charge in [0.15, 0.2) is 0 Å². The van der Waals surface area contributed by atoms with Gasteiger partial charge in [-0.15, -0.1) is 0 Å². The van der Waals surface area contributed by atoms with Crippen molar-refractivity contribution in [2.45, 2.75) is 39.2 Å². The van der Waals surface area contributed by atoms with E-state index in [4.69, 9.17) is 30.1 Å². The first kappa shape index (κ1) is 31.8. The van der Waals surface area contributed by atoms with Crippen LogP contribution in [0.4, 0.5) is 10.5 Å². The third kappa shape index (κ3) is 7.71. The number of anilines is 1. The number of benzene rings is 2. The second-order valence-electron chi connectivity index (χ2n) is 10.4. The maximum absolute atomic E-state index is 12.9. The van der Waals surface area contributed by atoms with Crippen LogP contribution < -0.4 is 20.1 Å². The first-order valence-electron chi connectivity index (χ1n) is 14.6. The van der Waals surface area contributed by atoms with E-state index in [1.165, 1.54) is 0 Å². The highest BCUT2D eigenvalue weighted by Gasteiger charge is 2.31. The summed E-state index contributed by atoms with van der Waals surface area (Å²) >= 11 is 6.46. The van der Waals surface area contributed by atoms with Gasteiger partial charge in [0.1, 0.15) is 23.4 Å². The van der Waals surface area contributed by atoms with E-state index in [2.05, 4.69) is 15.6 Å². The predicted molar refractivity (Wildman–Crippen MR) is 170 cm³/mol. The SMILES string of the molecule is CCOP(=O)(CC(=O)N1CC=C(c2cc3c(Oc4ccc(NC(=O)NC5CC5)c(Cl)c4)ccnc3cc2OC)CC1)OCC. The number of carbonyl (C=O) groups excluding carboxylic acids is 2. The molecule has 1 aromatic heterocycles. The van der Waals surface area contributed by atoms with Gasteiger partial charge in [0.25, 0.3) is 0 Å². The van der Waals surface area contributed by atoms with Crippen molar-refractivity contribution in [1.29, 1.82) is 0 Å². The average molecular weight is 643 g/mol. The molecule has 2 aliphatic rings. The van der Waals surface area contributed by atoms with Crippen molar-refractivity contribution in [3.05, 3.63) is 59.3 Å². The first-order valence-corrected chi connectivity index (χ1v) is 16.7. The molecule has 0 saturated heterocycles. The van der Waals surface area contributed by atoms with Gasteiger partial charge in [-0.1, -0.05) is 17.7 Å². The molecule has 3 amide bonds. The molecular formula is C31H36ClN4O7P. The molecule has 3 aromatic rings. The number of halogens is 1. The molecule has 2 N–H and O–H groups in total. The first-order chi connectivity index (χ1) is 21.2. The Balaban J connectivity index is 1.34. The van der Waals surface area contributed by atoms with Crippen molar-refractivity contribution >= 4 is 53.3 Å². The molecule has 1 aliphatic heterocycles. The molecule has 2 heterocycles. The number of nitrogens with zero attached hydrogens (tertiary/aromatic N) is 2. The summed E-state index contributed by atoms with van der Waals surface area (Å²) in [6, 6.07) is 10.6. The number of amides is 3. The zero-order chi connectivity index (χ0) is 31.3. The number of urea groups is 1. The molecule has 11 nitrogen and oxygen atoms in total. The number of fused-ring (bicyclic) bond motifs is 1. The maximum Gasteiger partial charge on any atom is 0.340 e. The summed E-state index contributed by atoms with van der Waals surface area (Å²) in [5, 5.41) is 6.75. The Morgan fingerprint density at radius 3 is 2.50 bits per heavy atom. The molecule has 0 radical (unpaired) electrons. The van der Waals surface area contributed by atoms with Crippen molar-refractivity contribution in [2.75, 3.05) is 44.9 Å². The van der Waals surface area contributed by atoms with Crippen LogP contribution in [-0.2, 0) is 18.4 Å². The summed E-state index contributed by atoms with van der Waals surface area (Å²) in [6.45, 7) is 4.63. The monoisotopic (exact) mass is 642 g/mol. The van der Waals surface area contributed by atoms with E-state index >= 15 is 0 Å². The third-order valence-corrected chi connectivity index (χ3v) is 9.51. The fraction of sp³-hybridized carbons (Fsp3) is 0.387. The minimum absolute atomic E-state index is 0.200. The van der Waals surface area contributed by atoms with Crippen molar-refractivity contribution in [1.82, 2.24) is 15.2 Å². The molecule has 0 atom stereocenters. The Bertz CT molecular complexity index is 1620. The van der Waals surface area contributed by atoms with E-state index in [1.54, 1.807) is 56.3 Å². The normalized spacial score (nSPS) is 15.1. The van der Waals surface area contributed by atoms with E-state index in [0.29, 0.717) is 53.0 Å². The summed E-state index contributed by atoms with van der Waals surface area (Å²) in [5.74, 6) is 1.43. The van der Waals surface area contributed by atoms with Crippen molar-refractivity contribution in [3.63, 3.8) is 0 Å². The molecule has 13 heteroatoms. The number of aromatic nitrogens is 1. The molecule has 1 aliphatic carbocycles. The molecule has 0 bridgehead atoms. The quantitative estimate of drug-likeness (QED) is 0.205. The second kappa shape index (κ2) is 14.0. The van der Waals surface area contributed by atoms with Crippen LogP contribution in [0.3, 0.4) is 0 Å². The number of hydrogen-bond acceptors (Lipinski definition) is 8. The van der Waals surface area contributed by atoms with Gasteiger partial charge in [0.05, 0.1) is 36.6 Å². The van der Waals surface area contributed by atoms with Gasteiger partial charge in [-0.3, -0.25) is 14.3 Å². The van der Waals surface area contributed by atoms with E-state index in [0.717, 1.165) is 29.4 Å². The fourth-order valence-corrected chi connectivity index (χ4v) is 6.74. The van der Waals surface area contributed by atoms with Crippen LogP contribution in [-0.4, -0.2) is 67.4 Å². The Morgan fingerprint density at radius 1 is 1.09 bits per heavy atom. The standard InChI is InChI=1S/C31H36ClN4O7P/c1-4-41-44(39,42-5-2)19-30(37)36-14-11-20(12-15-36)23-17-24-27(18-29(23)40-3)33-13-10-28(24)43-22-8-9-26(25(32)16-22)35-31(38)34-21-6-7-21/h8-11,13,16-18,21H,4-7,12,14-15,19H2,1-3H3,(H2,34,35,38). The highest BCUT2D eigenvalue weighted by Crippen LogP contribution is 2.48. The van der Waals surface area contributed by atoms with Gasteiger partial charge in [0.2, 0.25) is 5.91 Å². The number of pyridine rings is 1. The minimum Gasteiger partial charge on any atom is -0.496 e. The van der Waals surface area contributed by atoms with Crippen LogP contribution in [0.2, 0.25) is 5.02 Å². The van der Waals surface area contributed by atoms with E-state index < -0.39 is 7.60 Å². The summed E-state index contributed by atoms with van der Waals surface area (Å²) in [7, 11) is -1.88. The van der Waals surface area contributed by atoms with Gasteiger partial charge in [0, 0.05) is 48.4 Å².